The van der Waals surface area contributed by atoms with Gasteiger partial charge in [-0.05, 0) is 30.3 Å². The number of hydrogen-bond donors (Lipinski definition) is 2. The maximum atomic E-state index is 13.9. The van der Waals surface area contributed by atoms with E-state index in [4.69, 9.17) is 16.9 Å². The van der Waals surface area contributed by atoms with Crippen molar-refractivity contribution >= 4 is 38.2 Å². The van der Waals surface area contributed by atoms with Crippen molar-refractivity contribution in [3.8, 4) is 6.07 Å². The summed E-state index contributed by atoms with van der Waals surface area (Å²) in [6, 6.07) is 7.58. The third-order valence-electron chi connectivity index (χ3n) is 3.30. The third kappa shape index (κ3) is 2.79. The van der Waals surface area contributed by atoms with Gasteiger partial charge in [0.1, 0.15) is 10.6 Å². The van der Waals surface area contributed by atoms with E-state index in [0.717, 1.165) is 12.1 Å². The monoisotopic (exact) mass is 367 g/mol. The second kappa shape index (κ2) is 5.78. The van der Waals surface area contributed by atoms with Crippen LogP contribution >= 0.6 is 11.6 Å². The van der Waals surface area contributed by atoms with Gasteiger partial charge in [0.05, 0.1) is 11.6 Å². The summed E-state index contributed by atoms with van der Waals surface area (Å²) in [4.78, 5) is 2.55. The van der Waals surface area contributed by atoms with Crippen LogP contribution in [-0.2, 0) is 10.0 Å². The summed E-state index contributed by atoms with van der Waals surface area (Å²) in [5, 5.41) is 9.39. The minimum absolute atomic E-state index is 0.183. The minimum Gasteiger partial charge on any atom is -0.360 e. The predicted molar refractivity (Wildman–Crippen MR) is 85.2 cm³/mol. The summed E-state index contributed by atoms with van der Waals surface area (Å²) in [6.07, 6.45) is 1.20. The molecule has 0 unspecified atom stereocenters. The normalized spacial score (nSPS) is 11.4. The first-order valence-electron chi connectivity index (χ1n) is 6.50. The number of nitrogens with zero attached hydrogens (tertiary/aromatic N) is 1. The van der Waals surface area contributed by atoms with Gasteiger partial charge in [0.25, 0.3) is 10.0 Å². The number of H-pyrrole nitrogens is 1. The molecule has 1 aromatic heterocycles. The number of hydrogen-bond acceptors (Lipinski definition) is 3. The van der Waals surface area contributed by atoms with E-state index in [-0.39, 0.29) is 10.5 Å². The third-order valence-corrected chi connectivity index (χ3v) is 4.93. The molecule has 0 saturated carbocycles. The molecule has 3 rings (SSSR count). The number of anilines is 1. The van der Waals surface area contributed by atoms with Crippen LogP contribution in [0.25, 0.3) is 10.9 Å². The van der Waals surface area contributed by atoms with Gasteiger partial charge in [-0.1, -0.05) is 11.6 Å². The van der Waals surface area contributed by atoms with Crippen molar-refractivity contribution in [1.82, 2.24) is 4.98 Å². The lowest BCUT2D eigenvalue weighted by Gasteiger charge is -2.09. The van der Waals surface area contributed by atoms with E-state index in [1.165, 1.54) is 24.4 Å². The molecule has 24 heavy (non-hydrogen) atoms. The van der Waals surface area contributed by atoms with Crippen molar-refractivity contribution in [3.63, 3.8) is 0 Å². The second-order valence-corrected chi connectivity index (χ2v) is 6.96. The maximum Gasteiger partial charge on any atom is 0.264 e. The largest absolute Gasteiger partial charge is 0.360 e. The highest BCUT2D eigenvalue weighted by Gasteiger charge is 2.23. The van der Waals surface area contributed by atoms with E-state index in [2.05, 4.69) is 4.98 Å². The lowest BCUT2D eigenvalue weighted by atomic mass is 10.2. The average Bonchev–Trinajstić information content (AvgIpc) is 2.94. The zero-order chi connectivity index (χ0) is 17.5. The molecule has 0 spiro atoms. The van der Waals surface area contributed by atoms with Crippen LogP contribution in [0, 0.1) is 23.0 Å². The Morgan fingerprint density at radius 1 is 1.17 bits per heavy atom. The van der Waals surface area contributed by atoms with Gasteiger partial charge in [-0.3, -0.25) is 4.72 Å². The van der Waals surface area contributed by atoms with E-state index >= 15 is 0 Å². The fourth-order valence-electron chi connectivity index (χ4n) is 2.22. The fraction of sp³-hybridized carbons (Fsp3) is 0. The molecule has 0 aliphatic rings. The quantitative estimate of drug-likeness (QED) is 0.738. The van der Waals surface area contributed by atoms with Gasteiger partial charge in [0.2, 0.25) is 0 Å². The van der Waals surface area contributed by atoms with Gasteiger partial charge >= 0.3 is 0 Å². The zero-order valence-electron chi connectivity index (χ0n) is 11.8. The molecule has 2 aromatic carbocycles. The summed E-state index contributed by atoms with van der Waals surface area (Å²) in [5.74, 6) is -2.36. The minimum atomic E-state index is -4.26. The Balaban J connectivity index is 2.08. The first-order chi connectivity index (χ1) is 11.3. The number of nitrogens with one attached hydrogen (secondary N) is 2. The molecule has 3 aromatic rings. The van der Waals surface area contributed by atoms with Crippen molar-refractivity contribution in [2.24, 2.45) is 0 Å². The van der Waals surface area contributed by atoms with Crippen LogP contribution in [0.1, 0.15) is 5.56 Å². The van der Waals surface area contributed by atoms with Gasteiger partial charge in [0.15, 0.2) is 11.6 Å². The molecule has 0 aliphatic heterocycles. The summed E-state index contributed by atoms with van der Waals surface area (Å²) in [5.41, 5.74) is -0.643. The summed E-state index contributed by atoms with van der Waals surface area (Å²) >= 11 is 5.83. The van der Waals surface area contributed by atoms with E-state index in [1.54, 1.807) is 6.07 Å². The Morgan fingerprint density at radius 3 is 2.46 bits per heavy atom. The highest BCUT2D eigenvalue weighted by Crippen LogP contribution is 2.29. The number of sulfonamides is 1. The molecule has 5 nitrogen and oxygen atoms in total. The van der Waals surface area contributed by atoms with Gasteiger partial charge in [0, 0.05) is 22.1 Å². The molecule has 1 heterocycles. The molecule has 0 aliphatic carbocycles. The molecule has 122 valence electrons. The first-order valence-corrected chi connectivity index (χ1v) is 8.36. The van der Waals surface area contributed by atoms with Gasteiger partial charge < -0.3 is 4.98 Å². The van der Waals surface area contributed by atoms with Crippen LogP contribution in [0.15, 0.2) is 41.4 Å². The summed E-state index contributed by atoms with van der Waals surface area (Å²) in [7, 11) is -4.26. The molecule has 0 fully saturated rings. The zero-order valence-corrected chi connectivity index (χ0v) is 13.3. The Bertz CT molecular complexity index is 1080. The Labute approximate surface area is 140 Å². The molecule has 0 saturated heterocycles. The van der Waals surface area contributed by atoms with Crippen molar-refractivity contribution in [2.45, 2.75) is 4.90 Å². The molecule has 0 radical (unpaired) electrons. The van der Waals surface area contributed by atoms with Crippen molar-refractivity contribution in [2.75, 3.05) is 4.72 Å². The smallest absolute Gasteiger partial charge is 0.264 e. The molecule has 0 atom stereocenters. The topological polar surface area (TPSA) is 85.8 Å². The first kappa shape index (κ1) is 16.2. The van der Waals surface area contributed by atoms with Crippen LogP contribution in [0.2, 0.25) is 5.02 Å². The van der Waals surface area contributed by atoms with E-state index in [0.29, 0.717) is 15.9 Å². The predicted octanol–water partition coefficient (Wildman–Crippen LogP) is 3.77. The fourth-order valence-corrected chi connectivity index (χ4v) is 3.65. The number of aromatic nitrogens is 1. The average molecular weight is 368 g/mol. The maximum absolute atomic E-state index is 13.9. The standard InChI is InChI=1S/C15H8ClF2N3O2S/c16-9-1-2-10-13(5-9)20-7-14(10)24(22,23)21-15-11(17)3-8(6-19)4-12(15)18/h1-5,7,20-21H. The Kier molecular flexibility index (Phi) is 3.91. The Morgan fingerprint density at radius 2 is 1.83 bits per heavy atom. The molecule has 9 heteroatoms. The SMILES string of the molecule is N#Cc1cc(F)c(NS(=O)(=O)c2c[nH]c3cc(Cl)ccc23)c(F)c1. The summed E-state index contributed by atoms with van der Waals surface area (Å²) < 4.78 is 54.6. The van der Waals surface area contributed by atoms with E-state index in [1.807, 2.05) is 4.72 Å². The van der Waals surface area contributed by atoms with Gasteiger partial charge in [-0.25, -0.2) is 17.2 Å². The van der Waals surface area contributed by atoms with Gasteiger partial charge in [-0.2, -0.15) is 5.26 Å². The van der Waals surface area contributed by atoms with E-state index in [9.17, 15) is 17.2 Å². The lowest BCUT2D eigenvalue weighted by molar-refractivity contribution is 0.582. The lowest BCUT2D eigenvalue weighted by Crippen LogP contribution is -2.15. The van der Waals surface area contributed by atoms with Crippen LogP contribution in [0.3, 0.4) is 0 Å². The molecule has 0 bridgehead atoms. The van der Waals surface area contributed by atoms with Crippen LogP contribution in [-0.4, -0.2) is 13.4 Å². The number of benzene rings is 2. The highest BCUT2D eigenvalue weighted by atomic mass is 35.5. The van der Waals surface area contributed by atoms with Crippen molar-refractivity contribution < 1.29 is 17.2 Å². The molecule has 0 amide bonds. The van der Waals surface area contributed by atoms with E-state index < -0.39 is 27.3 Å². The second-order valence-electron chi connectivity index (χ2n) is 4.88. The van der Waals surface area contributed by atoms with Crippen molar-refractivity contribution in [3.05, 3.63) is 58.7 Å². The van der Waals surface area contributed by atoms with Gasteiger partial charge in [-0.15, -0.1) is 0 Å². The Hall–Kier alpha value is -2.63. The molecule has 2 N–H and O–H groups in total. The van der Waals surface area contributed by atoms with Crippen LogP contribution in [0.5, 0.6) is 0 Å². The number of rotatable bonds is 3. The van der Waals surface area contributed by atoms with Crippen LogP contribution in [0.4, 0.5) is 14.5 Å². The number of halogens is 3. The number of nitriles is 1. The number of aromatic amines is 1. The molecular weight excluding hydrogens is 360 g/mol. The number of fused-ring (bicyclic) bond motifs is 1. The highest BCUT2D eigenvalue weighted by molar-refractivity contribution is 7.93. The summed E-state index contributed by atoms with van der Waals surface area (Å²) in [6.45, 7) is 0. The van der Waals surface area contributed by atoms with Crippen molar-refractivity contribution in [1.29, 1.82) is 5.26 Å². The van der Waals surface area contributed by atoms with Crippen LogP contribution < -0.4 is 4.72 Å². The molecular formula is C15H8ClF2N3O2S.